The van der Waals surface area contributed by atoms with Crippen LogP contribution < -0.4 is 0 Å². The fourth-order valence-corrected chi connectivity index (χ4v) is 4.11. The summed E-state index contributed by atoms with van der Waals surface area (Å²) in [5, 5.41) is -1.01. The summed E-state index contributed by atoms with van der Waals surface area (Å²) in [6.45, 7) is 0. The van der Waals surface area contributed by atoms with Crippen molar-refractivity contribution in [3.63, 3.8) is 0 Å². The van der Waals surface area contributed by atoms with E-state index < -0.39 is 21.4 Å². The van der Waals surface area contributed by atoms with Crippen molar-refractivity contribution in [2.75, 3.05) is 7.05 Å². The Balaban J connectivity index is 2.12. The second-order valence-electron chi connectivity index (χ2n) is 4.85. The molecule has 18 heavy (non-hydrogen) atoms. The van der Waals surface area contributed by atoms with Gasteiger partial charge in [0, 0.05) is 24.6 Å². The summed E-state index contributed by atoms with van der Waals surface area (Å²) in [6, 6.07) is 6.64. The largest absolute Gasteiger partial charge is 0.338 e. The number of rotatable bonds is 1. The monoisotopic (exact) mass is 269 g/mol. The maximum Gasteiger partial charge on any atom is 0.306 e. The third kappa shape index (κ3) is 1.41. The predicted octanol–water partition coefficient (Wildman–Crippen LogP) is 1.30. The molecule has 0 N–H and O–H groups in total. The van der Waals surface area contributed by atoms with E-state index in [1.807, 2.05) is 0 Å². The molecule has 4 nitrogen and oxygen atoms in total. The van der Waals surface area contributed by atoms with Crippen LogP contribution in [0.25, 0.3) is 0 Å². The zero-order chi connectivity index (χ0) is 13.1. The lowest BCUT2D eigenvalue weighted by molar-refractivity contribution is 0.0553. The van der Waals surface area contributed by atoms with E-state index in [2.05, 4.69) is 0 Å². The van der Waals surface area contributed by atoms with Gasteiger partial charge in [-0.1, -0.05) is 18.2 Å². The van der Waals surface area contributed by atoms with E-state index >= 15 is 0 Å². The molecule has 6 heteroatoms. The summed E-state index contributed by atoms with van der Waals surface area (Å²) >= 11 is 0. The second kappa shape index (κ2) is 3.54. The Bertz CT molecular complexity index is 628. The van der Waals surface area contributed by atoms with E-state index in [-0.39, 0.29) is 18.4 Å². The summed E-state index contributed by atoms with van der Waals surface area (Å²) in [4.78, 5) is 13.6. The Morgan fingerprint density at radius 1 is 1.33 bits per heavy atom. The molecular weight excluding hydrogens is 257 g/mol. The third-order valence-electron chi connectivity index (χ3n) is 4.02. The van der Waals surface area contributed by atoms with Gasteiger partial charge in [-0.05, 0) is 18.1 Å². The van der Waals surface area contributed by atoms with Crippen LogP contribution in [-0.4, -0.2) is 37.6 Å². The van der Waals surface area contributed by atoms with Crippen molar-refractivity contribution in [1.29, 1.82) is 0 Å². The molecule has 1 heterocycles. The molecule has 0 bridgehead atoms. The number of carbonyl (C=O) groups is 1. The van der Waals surface area contributed by atoms with Crippen LogP contribution in [0.3, 0.4) is 0 Å². The minimum atomic E-state index is -4.56. The fourth-order valence-electron chi connectivity index (χ4n) is 3.00. The highest BCUT2D eigenvalue weighted by Gasteiger charge is 2.55. The maximum absolute atomic E-state index is 13.2. The van der Waals surface area contributed by atoms with Crippen LogP contribution in [0.2, 0.25) is 0 Å². The minimum absolute atomic E-state index is 0.124. The number of likely N-dealkylation sites (N-methyl/N-ethyl adjacent to an activating group) is 1. The van der Waals surface area contributed by atoms with Gasteiger partial charge in [0.25, 0.3) is 5.91 Å². The van der Waals surface area contributed by atoms with E-state index in [0.717, 1.165) is 0 Å². The summed E-state index contributed by atoms with van der Waals surface area (Å²) < 4.78 is 35.4. The van der Waals surface area contributed by atoms with E-state index in [1.54, 1.807) is 31.3 Å². The van der Waals surface area contributed by atoms with Crippen molar-refractivity contribution in [3.8, 4) is 0 Å². The molecule has 0 unspecified atom stereocenters. The van der Waals surface area contributed by atoms with Crippen LogP contribution in [0.5, 0.6) is 0 Å². The number of halogens is 1. The van der Waals surface area contributed by atoms with Crippen LogP contribution in [0.4, 0.5) is 3.89 Å². The Kier molecular flexibility index (Phi) is 2.29. The lowest BCUT2D eigenvalue weighted by Crippen LogP contribution is -2.59. The predicted molar refractivity (Wildman–Crippen MR) is 63.5 cm³/mol. The first-order valence-electron chi connectivity index (χ1n) is 5.71. The molecule has 0 aromatic heterocycles. The number of carbonyl (C=O) groups excluding carboxylic acids is 1. The zero-order valence-corrected chi connectivity index (χ0v) is 10.5. The van der Waals surface area contributed by atoms with Gasteiger partial charge < -0.3 is 4.90 Å². The van der Waals surface area contributed by atoms with Crippen molar-refractivity contribution < 1.29 is 17.1 Å². The van der Waals surface area contributed by atoms with E-state index in [1.165, 1.54) is 4.90 Å². The van der Waals surface area contributed by atoms with Crippen LogP contribution in [0.1, 0.15) is 28.3 Å². The average molecular weight is 269 g/mol. The van der Waals surface area contributed by atoms with Crippen molar-refractivity contribution in [1.82, 2.24) is 4.90 Å². The summed E-state index contributed by atoms with van der Waals surface area (Å²) in [7, 11) is -2.92. The number of amides is 1. The fraction of sp³-hybridized carbons (Fsp3) is 0.417. The standard InChI is InChI=1S/C12H12FNO3S/c1-14-9-6-10(18(13,16)17)11(9)7-4-2-3-5-8(7)12(14)15/h2-5,9-11H,6H2,1H3/t9-,10-,11-/m1/s1. The smallest absolute Gasteiger partial charge is 0.306 e. The Morgan fingerprint density at radius 2 is 2.00 bits per heavy atom. The van der Waals surface area contributed by atoms with Gasteiger partial charge in [-0.2, -0.15) is 8.42 Å². The summed E-state index contributed by atoms with van der Waals surface area (Å²) in [5.74, 6) is -0.555. The van der Waals surface area contributed by atoms with Crippen molar-refractivity contribution in [2.24, 2.45) is 0 Å². The number of fused-ring (bicyclic) bond motifs is 3. The summed E-state index contributed by atoms with van der Waals surface area (Å²) in [5.41, 5.74) is 1.14. The van der Waals surface area contributed by atoms with Gasteiger partial charge in [0.15, 0.2) is 0 Å². The third-order valence-corrected chi connectivity index (χ3v) is 5.23. The molecule has 1 aliphatic heterocycles. The van der Waals surface area contributed by atoms with Crippen molar-refractivity contribution in [3.05, 3.63) is 35.4 Å². The molecule has 0 spiro atoms. The van der Waals surface area contributed by atoms with Gasteiger partial charge in [-0.3, -0.25) is 4.79 Å². The molecule has 1 saturated carbocycles. The van der Waals surface area contributed by atoms with Crippen molar-refractivity contribution in [2.45, 2.75) is 23.6 Å². The molecule has 1 amide bonds. The first-order chi connectivity index (χ1) is 8.41. The maximum atomic E-state index is 13.2. The first kappa shape index (κ1) is 11.6. The quantitative estimate of drug-likeness (QED) is 0.722. The van der Waals surface area contributed by atoms with Crippen LogP contribution in [-0.2, 0) is 10.2 Å². The van der Waals surface area contributed by atoms with Crippen molar-refractivity contribution >= 4 is 16.1 Å². The van der Waals surface area contributed by atoms with Gasteiger partial charge in [0.2, 0.25) is 0 Å². The Hall–Kier alpha value is -1.43. The Labute approximate surface area is 105 Å². The highest BCUT2D eigenvalue weighted by Crippen LogP contribution is 2.48. The highest BCUT2D eigenvalue weighted by molar-refractivity contribution is 7.87. The molecule has 96 valence electrons. The Morgan fingerprint density at radius 3 is 2.67 bits per heavy atom. The number of hydrogen-bond acceptors (Lipinski definition) is 3. The molecule has 0 radical (unpaired) electrons. The zero-order valence-electron chi connectivity index (χ0n) is 9.71. The van der Waals surface area contributed by atoms with Crippen LogP contribution >= 0.6 is 0 Å². The van der Waals surface area contributed by atoms with Gasteiger partial charge >= 0.3 is 10.2 Å². The van der Waals surface area contributed by atoms with Gasteiger partial charge in [-0.25, -0.2) is 0 Å². The molecule has 1 aromatic rings. The number of benzene rings is 1. The number of nitrogens with zero attached hydrogens (tertiary/aromatic N) is 1. The molecule has 3 atom stereocenters. The summed E-state index contributed by atoms with van der Waals surface area (Å²) in [6.07, 6.45) is 0.181. The average Bonchev–Trinajstić information content (AvgIpc) is 2.24. The molecule has 3 rings (SSSR count). The lowest BCUT2D eigenvalue weighted by Gasteiger charge is -2.50. The SMILES string of the molecule is CN1C(=O)c2ccccc2[C@@H]2[C@H]1C[C@H]2S(=O)(=O)F. The first-order valence-corrected chi connectivity index (χ1v) is 7.15. The molecule has 0 saturated heterocycles. The molecule has 1 fully saturated rings. The van der Waals surface area contributed by atoms with E-state index in [0.29, 0.717) is 11.1 Å². The molecule has 2 aliphatic rings. The van der Waals surface area contributed by atoms with Gasteiger partial charge in [-0.15, -0.1) is 3.89 Å². The van der Waals surface area contributed by atoms with E-state index in [4.69, 9.17) is 0 Å². The van der Waals surface area contributed by atoms with Crippen LogP contribution in [0, 0.1) is 0 Å². The molecular formula is C12H12FNO3S. The van der Waals surface area contributed by atoms with Crippen LogP contribution in [0.15, 0.2) is 24.3 Å². The molecule has 1 aromatic carbocycles. The lowest BCUT2D eigenvalue weighted by atomic mass is 9.69. The molecule has 1 aliphatic carbocycles. The minimum Gasteiger partial charge on any atom is -0.338 e. The topological polar surface area (TPSA) is 54.5 Å². The second-order valence-corrected chi connectivity index (χ2v) is 6.40. The van der Waals surface area contributed by atoms with Gasteiger partial charge in [0.05, 0.1) is 0 Å². The highest BCUT2D eigenvalue weighted by atomic mass is 32.3. The van der Waals surface area contributed by atoms with Gasteiger partial charge in [0.1, 0.15) is 5.25 Å². The van der Waals surface area contributed by atoms with E-state index in [9.17, 15) is 17.1 Å². The normalized spacial score (nSPS) is 30.4. The number of hydrogen-bond donors (Lipinski definition) is 0.